The lowest BCUT2D eigenvalue weighted by molar-refractivity contribution is -0.137. The van der Waals surface area contributed by atoms with Gasteiger partial charge in [-0.25, -0.2) is 0 Å². The lowest BCUT2D eigenvalue weighted by atomic mass is 9.94. The van der Waals surface area contributed by atoms with Gasteiger partial charge in [0.2, 0.25) is 0 Å². The third-order valence-electron chi connectivity index (χ3n) is 3.84. The molecule has 1 aromatic rings. The molecule has 6 heteroatoms. The van der Waals surface area contributed by atoms with Gasteiger partial charge in [0.15, 0.2) is 0 Å². The molecule has 0 amide bonds. The van der Waals surface area contributed by atoms with Crippen molar-refractivity contribution in [3.63, 3.8) is 0 Å². The number of halogens is 3. The smallest absolute Gasteiger partial charge is 0.396 e. The van der Waals surface area contributed by atoms with Crippen LogP contribution in [0, 0.1) is 17.2 Å². The first-order chi connectivity index (χ1) is 9.95. The number of nitriles is 1. The van der Waals surface area contributed by atoms with Crippen LogP contribution in [0.1, 0.15) is 30.4 Å². The number of rotatable bonds is 3. The molecule has 0 aliphatic carbocycles. The highest BCUT2D eigenvalue weighted by Gasteiger charge is 2.32. The second kappa shape index (κ2) is 6.35. The predicted octanol–water partition coefficient (Wildman–Crippen LogP) is 3.18. The van der Waals surface area contributed by atoms with Crippen molar-refractivity contribution >= 4 is 5.69 Å². The first-order valence-corrected chi connectivity index (χ1v) is 6.93. The first-order valence-electron chi connectivity index (χ1n) is 6.93. The average molecular weight is 298 g/mol. The molecule has 21 heavy (non-hydrogen) atoms. The molecule has 3 nitrogen and oxygen atoms in total. The summed E-state index contributed by atoms with van der Waals surface area (Å²) in [4.78, 5) is 1.95. The van der Waals surface area contributed by atoms with E-state index in [1.165, 1.54) is 6.07 Å². The maximum Gasteiger partial charge on any atom is 0.416 e. The van der Waals surface area contributed by atoms with Gasteiger partial charge in [0.05, 0.1) is 16.8 Å². The van der Waals surface area contributed by atoms with Crippen LogP contribution in [0.25, 0.3) is 0 Å². The summed E-state index contributed by atoms with van der Waals surface area (Å²) in [7, 11) is 0. The van der Waals surface area contributed by atoms with E-state index in [9.17, 15) is 13.2 Å². The van der Waals surface area contributed by atoms with Crippen molar-refractivity contribution < 1.29 is 18.3 Å². The SMILES string of the molecule is N#Cc1cc(C(F)(F)F)ccc1N1CCCC(CCO)C1. The van der Waals surface area contributed by atoms with Gasteiger partial charge in [-0.2, -0.15) is 18.4 Å². The van der Waals surface area contributed by atoms with Gasteiger partial charge < -0.3 is 10.0 Å². The van der Waals surface area contributed by atoms with Gasteiger partial charge in [-0.05, 0) is 43.4 Å². The topological polar surface area (TPSA) is 47.3 Å². The van der Waals surface area contributed by atoms with Crippen molar-refractivity contribution in [1.82, 2.24) is 0 Å². The highest BCUT2D eigenvalue weighted by atomic mass is 19.4. The summed E-state index contributed by atoms with van der Waals surface area (Å²) in [5, 5.41) is 18.1. The van der Waals surface area contributed by atoms with Crippen LogP contribution in [0.2, 0.25) is 0 Å². The molecule has 1 atom stereocenters. The van der Waals surface area contributed by atoms with E-state index in [4.69, 9.17) is 10.4 Å². The Kier molecular flexibility index (Phi) is 4.73. The number of benzene rings is 1. The average Bonchev–Trinajstić information content (AvgIpc) is 2.46. The molecule has 1 fully saturated rings. The molecular weight excluding hydrogens is 281 g/mol. The lowest BCUT2D eigenvalue weighted by Crippen LogP contribution is -2.36. The number of aliphatic hydroxyl groups excluding tert-OH is 1. The summed E-state index contributed by atoms with van der Waals surface area (Å²) in [6.45, 7) is 1.50. The Morgan fingerprint density at radius 1 is 1.38 bits per heavy atom. The number of piperidine rings is 1. The van der Waals surface area contributed by atoms with E-state index < -0.39 is 11.7 Å². The number of alkyl halides is 3. The van der Waals surface area contributed by atoms with Gasteiger partial charge in [0.1, 0.15) is 6.07 Å². The minimum atomic E-state index is -4.44. The second-order valence-electron chi connectivity index (χ2n) is 5.31. The Labute approximate surface area is 121 Å². The van der Waals surface area contributed by atoms with Crippen molar-refractivity contribution in [2.45, 2.75) is 25.4 Å². The molecular formula is C15H17F3N2O. The van der Waals surface area contributed by atoms with E-state index in [0.29, 0.717) is 24.6 Å². The molecule has 1 aliphatic heterocycles. The molecule has 1 saturated heterocycles. The van der Waals surface area contributed by atoms with E-state index in [2.05, 4.69) is 0 Å². The molecule has 0 spiro atoms. The first kappa shape index (κ1) is 15.6. The normalized spacial score (nSPS) is 19.4. The van der Waals surface area contributed by atoms with Crippen LogP contribution < -0.4 is 4.90 Å². The van der Waals surface area contributed by atoms with E-state index >= 15 is 0 Å². The van der Waals surface area contributed by atoms with Crippen LogP contribution >= 0.6 is 0 Å². The Morgan fingerprint density at radius 3 is 2.76 bits per heavy atom. The fraction of sp³-hybridized carbons (Fsp3) is 0.533. The van der Waals surface area contributed by atoms with Crippen molar-refractivity contribution in [3.05, 3.63) is 29.3 Å². The van der Waals surface area contributed by atoms with Crippen molar-refractivity contribution in [2.75, 3.05) is 24.6 Å². The van der Waals surface area contributed by atoms with Crippen LogP contribution in [0.4, 0.5) is 18.9 Å². The maximum absolute atomic E-state index is 12.7. The molecule has 114 valence electrons. The highest BCUT2D eigenvalue weighted by Crippen LogP contribution is 2.34. The fourth-order valence-corrected chi connectivity index (χ4v) is 2.78. The summed E-state index contributed by atoms with van der Waals surface area (Å²) < 4.78 is 38.1. The van der Waals surface area contributed by atoms with Gasteiger partial charge in [-0.15, -0.1) is 0 Å². The standard InChI is InChI=1S/C15H17F3N2O/c16-15(17,18)13-3-4-14(12(8-13)9-19)20-6-1-2-11(10-20)5-7-21/h3-4,8,11,21H,1-2,5-7,10H2. The zero-order valence-corrected chi connectivity index (χ0v) is 11.5. The Hall–Kier alpha value is -1.74. The molecule has 1 unspecified atom stereocenters. The van der Waals surface area contributed by atoms with Gasteiger partial charge >= 0.3 is 6.18 Å². The Morgan fingerprint density at radius 2 is 2.14 bits per heavy atom. The van der Waals surface area contributed by atoms with E-state index in [0.717, 1.165) is 31.5 Å². The number of nitrogens with zero attached hydrogens (tertiary/aromatic N) is 2. The molecule has 0 saturated carbocycles. The zero-order chi connectivity index (χ0) is 15.5. The number of anilines is 1. The van der Waals surface area contributed by atoms with Gasteiger partial charge in [-0.3, -0.25) is 0 Å². The summed E-state index contributed by atoms with van der Waals surface area (Å²) in [6, 6.07) is 5.17. The third-order valence-corrected chi connectivity index (χ3v) is 3.84. The van der Waals surface area contributed by atoms with Crippen LogP contribution in [0.5, 0.6) is 0 Å². The lowest BCUT2D eigenvalue weighted by Gasteiger charge is -2.34. The van der Waals surface area contributed by atoms with Gasteiger partial charge in [0.25, 0.3) is 0 Å². The minimum Gasteiger partial charge on any atom is -0.396 e. The van der Waals surface area contributed by atoms with Crippen LogP contribution in [-0.4, -0.2) is 24.8 Å². The van der Waals surface area contributed by atoms with Crippen molar-refractivity contribution in [3.8, 4) is 6.07 Å². The summed E-state index contributed by atoms with van der Waals surface area (Å²) in [5.41, 5.74) is -0.200. The monoisotopic (exact) mass is 298 g/mol. The fourth-order valence-electron chi connectivity index (χ4n) is 2.78. The van der Waals surface area contributed by atoms with Crippen molar-refractivity contribution in [1.29, 1.82) is 5.26 Å². The van der Waals surface area contributed by atoms with Crippen LogP contribution in [0.15, 0.2) is 18.2 Å². The summed E-state index contributed by atoms with van der Waals surface area (Å²) in [6.07, 6.45) is -1.85. The predicted molar refractivity (Wildman–Crippen MR) is 72.8 cm³/mol. The van der Waals surface area contributed by atoms with Crippen LogP contribution in [0.3, 0.4) is 0 Å². The maximum atomic E-state index is 12.7. The van der Waals surface area contributed by atoms with Crippen LogP contribution in [-0.2, 0) is 6.18 Å². The molecule has 1 heterocycles. The van der Waals surface area contributed by atoms with E-state index in [-0.39, 0.29) is 12.2 Å². The third kappa shape index (κ3) is 3.67. The van der Waals surface area contributed by atoms with E-state index in [1.807, 2.05) is 11.0 Å². The van der Waals surface area contributed by atoms with E-state index in [1.54, 1.807) is 0 Å². The summed E-state index contributed by atoms with van der Waals surface area (Å²) in [5.74, 6) is 0.317. The molecule has 1 N–H and O–H groups in total. The van der Waals surface area contributed by atoms with Crippen molar-refractivity contribution in [2.24, 2.45) is 5.92 Å². The van der Waals surface area contributed by atoms with Gasteiger partial charge in [0, 0.05) is 19.7 Å². The second-order valence-corrected chi connectivity index (χ2v) is 5.31. The zero-order valence-electron chi connectivity index (χ0n) is 11.5. The number of aliphatic hydroxyl groups is 1. The van der Waals surface area contributed by atoms with Gasteiger partial charge in [-0.1, -0.05) is 0 Å². The number of hydrogen-bond donors (Lipinski definition) is 1. The highest BCUT2D eigenvalue weighted by molar-refractivity contribution is 5.61. The summed E-state index contributed by atoms with van der Waals surface area (Å²) >= 11 is 0. The molecule has 2 rings (SSSR count). The largest absolute Gasteiger partial charge is 0.416 e. The number of hydrogen-bond acceptors (Lipinski definition) is 3. The Balaban J connectivity index is 2.25. The molecule has 0 bridgehead atoms. The molecule has 1 aliphatic rings. The Bertz CT molecular complexity index is 535. The minimum absolute atomic E-state index is 0.0504. The molecule has 0 aromatic heterocycles. The molecule has 0 radical (unpaired) electrons. The quantitative estimate of drug-likeness (QED) is 0.932. The molecule has 1 aromatic carbocycles.